The number of amides is 3. The lowest BCUT2D eigenvalue weighted by molar-refractivity contribution is -0.138. The predicted molar refractivity (Wildman–Crippen MR) is 131 cm³/mol. The Morgan fingerprint density at radius 3 is 2.39 bits per heavy atom. The van der Waals surface area contributed by atoms with E-state index in [1.165, 1.54) is 12.1 Å². The standard InChI is InChI=1S/C24H35N3O5S/c1-8-10-16(4)25-21(29)20(17-11-12-19(28)15(3)13-17)27(9-2)22(30)18(14-33)26-23(31)32-24(5,6)7/h2,11-13,16,18,20,28,33H,8,10,14H2,1,3-7H3,(H,25,29)(H,26,31). The third kappa shape index (κ3) is 8.54. The van der Waals surface area contributed by atoms with Crippen molar-refractivity contribution in [3.8, 4) is 18.2 Å². The largest absolute Gasteiger partial charge is 0.508 e. The van der Waals surface area contributed by atoms with E-state index in [0.29, 0.717) is 11.1 Å². The number of hydrogen-bond acceptors (Lipinski definition) is 6. The summed E-state index contributed by atoms with van der Waals surface area (Å²) in [5, 5.41) is 15.3. The molecule has 0 aliphatic heterocycles. The minimum absolute atomic E-state index is 0.0515. The van der Waals surface area contributed by atoms with E-state index in [9.17, 15) is 19.5 Å². The van der Waals surface area contributed by atoms with Gasteiger partial charge in [0, 0.05) is 17.8 Å². The van der Waals surface area contributed by atoms with E-state index in [1.807, 2.05) is 13.8 Å². The normalized spacial score (nSPS) is 13.8. The molecule has 1 aromatic rings. The summed E-state index contributed by atoms with van der Waals surface area (Å²) in [7, 11) is 0. The molecule has 0 aliphatic carbocycles. The Morgan fingerprint density at radius 2 is 1.91 bits per heavy atom. The number of phenols is 1. The summed E-state index contributed by atoms with van der Waals surface area (Å²) in [4.78, 5) is 39.7. The lowest BCUT2D eigenvalue weighted by Crippen LogP contribution is -2.52. The molecule has 33 heavy (non-hydrogen) atoms. The minimum atomic E-state index is -1.18. The number of hydrogen-bond donors (Lipinski definition) is 4. The summed E-state index contributed by atoms with van der Waals surface area (Å²) in [5.74, 6) is -1.17. The maximum absolute atomic E-state index is 13.3. The van der Waals surface area contributed by atoms with Crippen molar-refractivity contribution in [1.82, 2.24) is 15.5 Å². The number of rotatable bonds is 9. The summed E-state index contributed by atoms with van der Waals surface area (Å²) < 4.78 is 5.22. The summed E-state index contributed by atoms with van der Waals surface area (Å²) in [6.45, 7) is 10.6. The molecule has 0 saturated carbocycles. The third-order valence-corrected chi connectivity index (χ3v) is 5.07. The number of benzene rings is 1. The number of nitrogens with zero attached hydrogens (tertiary/aromatic N) is 1. The smallest absolute Gasteiger partial charge is 0.408 e. The van der Waals surface area contributed by atoms with Gasteiger partial charge in [-0.15, -0.1) is 0 Å². The number of aryl methyl sites for hydroxylation is 1. The quantitative estimate of drug-likeness (QED) is 0.248. The van der Waals surface area contributed by atoms with Crippen molar-refractivity contribution in [2.75, 3.05) is 5.75 Å². The Morgan fingerprint density at radius 1 is 1.27 bits per heavy atom. The topological polar surface area (TPSA) is 108 Å². The van der Waals surface area contributed by atoms with Crippen molar-refractivity contribution in [2.45, 2.75) is 78.1 Å². The molecule has 0 saturated heterocycles. The highest BCUT2D eigenvalue weighted by Gasteiger charge is 2.36. The molecule has 1 aromatic carbocycles. The van der Waals surface area contributed by atoms with Crippen LogP contribution in [0.4, 0.5) is 4.79 Å². The lowest BCUT2D eigenvalue weighted by Gasteiger charge is -2.31. The molecule has 3 N–H and O–H groups in total. The van der Waals surface area contributed by atoms with Crippen LogP contribution in [0, 0.1) is 19.4 Å². The molecule has 9 heteroatoms. The molecule has 0 spiro atoms. The third-order valence-electron chi connectivity index (χ3n) is 4.70. The number of aromatic hydroxyl groups is 1. The van der Waals surface area contributed by atoms with Crippen LogP contribution < -0.4 is 10.6 Å². The van der Waals surface area contributed by atoms with Crippen LogP contribution in [0.1, 0.15) is 64.6 Å². The average Bonchev–Trinajstić information content (AvgIpc) is 2.70. The van der Waals surface area contributed by atoms with Crippen LogP contribution in [0.2, 0.25) is 0 Å². The van der Waals surface area contributed by atoms with Crippen LogP contribution in [0.15, 0.2) is 18.2 Å². The monoisotopic (exact) mass is 477 g/mol. The van der Waals surface area contributed by atoms with Crippen molar-refractivity contribution < 1.29 is 24.2 Å². The minimum Gasteiger partial charge on any atom is -0.508 e. The number of phenolic OH excluding ortho intramolecular Hbond substituents is 1. The van der Waals surface area contributed by atoms with Gasteiger partial charge in [-0.05, 0) is 64.3 Å². The molecule has 0 fully saturated rings. The molecule has 3 amide bonds. The SMILES string of the molecule is C#CN(C(=O)C(CS)NC(=O)OC(C)(C)C)C(C(=O)NC(C)CCC)c1ccc(O)c(C)c1. The summed E-state index contributed by atoms with van der Waals surface area (Å²) in [5.41, 5.74) is 0.184. The van der Waals surface area contributed by atoms with Crippen molar-refractivity contribution >= 4 is 30.5 Å². The fourth-order valence-electron chi connectivity index (χ4n) is 3.16. The Balaban J connectivity index is 3.32. The molecule has 0 radical (unpaired) electrons. The van der Waals surface area contributed by atoms with Gasteiger partial charge in [0.25, 0.3) is 5.91 Å². The van der Waals surface area contributed by atoms with Gasteiger partial charge in [-0.2, -0.15) is 12.6 Å². The van der Waals surface area contributed by atoms with Crippen LogP contribution in [0.3, 0.4) is 0 Å². The van der Waals surface area contributed by atoms with E-state index in [-0.39, 0.29) is 17.5 Å². The van der Waals surface area contributed by atoms with Crippen LogP contribution in [0.25, 0.3) is 0 Å². The number of thiol groups is 1. The van der Waals surface area contributed by atoms with Crippen LogP contribution in [-0.2, 0) is 14.3 Å². The molecular weight excluding hydrogens is 442 g/mol. The molecule has 1 rings (SSSR count). The fraction of sp³-hybridized carbons (Fsp3) is 0.542. The Bertz CT molecular complexity index is 891. The van der Waals surface area contributed by atoms with Gasteiger partial charge in [-0.25, -0.2) is 4.79 Å². The van der Waals surface area contributed by atoms with E-state index in [1.54, 1.807) is 33.8 Å². The molecule has 3 unspecified atom stereocenters. The van der Waals surface area contributed by atoms with Gasteiger partial charge in [-0.3, -0.25) is 14.5 Å². The van der Waals surface area contributed by atoms with Gasteiger partial charge in [0.15, 0.2) is 0 Å². The first kappa shape index (κ1) is 28.2. The summed E-state index contributed by atoms with van der Waals surface area (Å²) in [6.07, 6.45) is 6.50. The van der Waals surface area contributed by atoms with Gasteiger partial charge in [0.1, 0.15) is 23.4 Å². The van der Waals surface area contributed by atoms with Crippen LogP contribution in [0.5, 0.6) is 5.75 Å². The number of nitrogens with one attached hydrogen (secondary N) is 2. The summed E-state index contributed by atoms with van der Waals surface area (Å²) >= 11 is 4.18. The van der Waals surface area contributed by atoms with Crippen molar-refractivity contribution in [1.29, 1.82) is 0 Å². The number of carbonyl (C=O) groups is 3. The van der Waals surface area contributed by atoms with Crippen molar-refractivity contribution in [2.24, 2.45) is 0 Å². The Labute approximate surface area is 201 Å². The zero-order chi connectivity index (χ0) is 25.3. The van der Waals surface area contributed by atoms with E-state index in [4.69, 9.17) is 11.2 Å². The first-order valence-electron chi connectivity index (χ1n) is 10.8. The van der Waals surface area contributed by atoms with Crippen molar-refractivity contribution in [3.05, 3.63) is 29.3 Å². The van der Waals surface area contributed by atoms with Crippen LogP contribution in [-0.4, -0.2) is 51.4 Å². The zero-order valence-corrected chi connectivity index (χ0v) is 21.0. The highest BCUT2D eigenvalue weighted by molar-refractivity contribution is 7.80. The first-order valence-corrected chi connectivity index (χ1v) is 11.5. The first-order chi connectivity index (χ1) is 15.3. The Kier molecular flexibility index (Phi) is 10.6. The van der Waals surface area contributed by atoms with Crippen molar-refractivity contribution in [3.63, 3.8) is 0 Å². The Hall–Kier alpha value is -2.86. The van der Waals surface area contributed by atoms with Gasteiger partial charge in [0.2, 0.25) is 5.91 Å². The molecule has 0 heterocycles. The highest BCUT2D eigenvalue weighted by Crippen LogP contribution is 2.27. The lowest BCUT2D eigenvalue weighted by atomic mass is 10.0. The number of terminal acetylenes is 1. The second-order valence-electron chi connectivity index (χ2n) is 8.87. The molecule has 182 valence electrons. The van der Waals surface area contributed by atoms with Gasteiger partial charge < -0.3 is 20.5 Å². The predicted octanol–water partition coefficient (Wildman–Crippen LogP) is 3.29. The van der Waals surface area contributed by atoms with Crippen LogP contribution >= 0.6 is 12.6 Å². The molecule has 0 aromatic heterocycles. The average molecular weight is 478 g/mol. The molecular formula is C24H35N3O5S. The molecule has 8 nitrogen and oxygen atoms in total. The van der Waals surface area contributed by atoms with E-state index >= 15 is 0 Å². The fourth-order valence-corrected chi connectivity index (χ4v) is 3.41. The number of alkyl carbamates (subject to hydrolysis) is 1. The van der Waals surface area contributed by atoms with Gasteiger partial charge in [-0.1, -0.05) is 25.8 Å². The molecule has 3 atom stereocenters. The summed E-state index contributed by atoms with van der Waals surface area (Å²) in [6, 6.07) is 4.42. The maximum atomic E-state index is 13.3. The molecule has 0 bridgehead atoms. The molecule has 0 aliphatic rings. The number of carbonyl (C=O) groups excluding carboxylic acids is 3. The van der Waals surface area contributed by atoms with E-state index in [2.05, 4.69) is 29.3 Å². The van der Waals surface area contributed by atoms with Gasteiger partial charge in [0.05, 0.1) is 0 Å². The highest BCUT2D eigenvalue weighted by atomic mass is 32.1. The number of ether oxygens (including phenoxy) is 1. The van der Waals surface area contributed by atoms with E-state index < -0.39 is 35.6 Å². The second kappa shape index (κ2) is 12.4. The zero-order valence-electron chi connectivity index (χ0n) is 20.1. The second-order valence-corrected chi connectivity index (χ2v) is 9.23. The maximum Gasteiger partial charge on any atom is 0.408 e. The van der Waals surface area contributed by atoms with E-state index in [0.717, 1.165) is 17.7 Å². The van der Waals surface area contributed by atoms with Gasteiger partial charge >= 0.3 is 6.09 Å².